The molecule has 94 valence electrons. The van der Waals surface area contributed by atoms with E-state index in [1.54, 1.807) is 0 Å². The monoisotopic (exact) mass is 236 g/mol. The van der Waals surface area contributed by atoms with Gasteiger partial charge in [0.15, 0.2) is 5.82 Å². The van der Waals surface area contributed by atoms with Crippen molar-refractivity contribution in [2.24, 2.45) is 0 Å². The summed E-state index contributed by atoms with van der Waals surface area (Å²) < 4.78 is 7.77. The molecule has 1 atom stereocenters. The van der Waals surface area contributed by atoms with Crippen LogP contribution in [0.15, 0.2) is 6.33 Å². The molecule has 0 radical (unpaired) electrons. The lowest BCUT2D eigenvalue weighted by molar-refractivity contribution is 0.0720. The topological polar surface area (TPSA) is 52.0 Å². The first-order valence-electron chi connectivity index (χ1n) is 6.65. The van der Waals surface area contributed by atoms with E-state index in [1.165, 1.54) is 32.1 Å². The summed E-state index contributed by atoms with van der Waals surface area (Å²) in [5.41, 5.74) is 0. The fraction of sp³-hybridized carbons (Fsp3) is 0.833. The quantitative estimate of drug-likeness (QED) is 0.844. The fourth-order valence-electron chi connectivity index (χ4n) is 2.87. The van der Waals surface area contributed by atoms with Crippen LogP contribution < -0.4 is 5.32 Å². The molecule has 2 aliphatic rings. The number of nitrogens with zero attached hydrogens (tertiary/aromatic N) is 3. The number of ether oxygens (including phenoxy) is 1. The highest BCUT2D eigenvalue weighted by Crippen LogP contribution is 2.30. The van der Waals surface area contributed by atoms with Crippen LogP contribution in [0.3, 0.4) is 0 Å². The first-order valence-corrected chi connectivity index (χ1v) is 6.65. The van der Waals surface area contributed by atoms with Crippen molar-refractivity contribution in [2.75, 3.05) is 19.8 Å². The van der Waals surface area contributed by atoms with Crippen LogP contribution in [-0.2, 0) is 4.74 Å². The maximum absolute atomic E-state index is 5.50. The largest absolute Gasteiger partial charge is 0.378 e. The summed E-state index contributed by atoms with van der Waals surface area (Å²) in [5, 5.41) is 11.8. The van der Waals surface area contributed by atoms with Crippen molar-refractivity contribution in [1.82, 2.24) is 20.1 Å². The van der Waals surface area contributed by atoms with Crippen LogP contribution in [0, 0.1) is 0 Å². The molecule has 0 spiro atoms. The zero-order valence-electron chi connectivity index (χ0n) is 10.1. The third-order valence-corrected chi connectivity index (χ3v) is 3.80. The average molecular weight is 236 g/mol. The summed E-state index contributed by atoms with van der Waals surface area (Å²) >= 11 is 0. The summed E-state index contributed by atoms with van der Waals surface area (Å²) in [4.78, 5) is 0. The Kier molecular flexibility index (Phi) is 3.38. The molecule has 1 aliphatic heterocycles. The van der Waals surface area contributed by atoms with Crippen LogP contribution in [0.1, 0.15) is 50.0 Å². The SMILES string of the molecule is c1nnc(C2COCCN2)n1C1CCCCC1. The Morgan fingerprint density at radius 2 is 2.18 bits per heavy atom. The number of rotatable bonds is 2. The molecular weight excluding hydrogens is 216 g/mol. The molecule has 0 aromatic carbocycles. The lowest BCUT2D eigenvalue weighted by atomic mass is 9.95. The Labute approximate surface area is 102 Å². The highest BCUT2D eigenvalue weighted by atomic mass is 16.5. The molecule has 1 saturated heterocycles. The van der Waals surface area contributed by atoms with E-state index in [0.717, 1.165) is 19.0 Å². The van der Waals surface area contributed by atoms with Gasteiger partial charge in [0.25, 0.3) is 0 Å². The lowest BCUT2D eigenvalue weighted by Crippen LogP contribution is -2.36. The Morgan fingerprint density at radius 1 is 1.29 bits per heavy atom. The highest BCUT2D eigenvalue weighted by molar-refractivity contribution is 4.99. The van der Waals surface area contributed by atoms with Crippen LogP contribution in [0.2, 0.25) is 0 Å². The van der Waals surface area contributed by atoms with Crippen molar-refractivity contribution in [3.63, 3.8) is 0 Å². The van der Waals surface area contributed by atoms with Crippen molar-refractivity contribution >= 4 is 0 Å². The normalized spacial score (nSPS) is 27.2. The van der Waals surface area contributed by atoms with E-state index in [-0.39, 0.29) is 6.04 Å². The van der Waals surface area contributed by atoms with Crippen molar-refractivity contribution < 1.29 is 4.74 Å². The molecule has 1 aromatic heterocycles. The highest BCUT2D eigenvalue weighted by Gasteiger charge is 2.25. The van der Waals surface area contributed by atoms with Crippen molar-refractivity contribution in [3.8, 4) is 0 Å². The van der Waals surface area contributed by atoms with Gasteiger partial charge < -0.3 is 14.6 Å². The molecule has 17 heavy (non-hydrogen) atoms. The van der Waals surface area contributed by atoms with Crippen LogP contribution in [0.5, 0.6) is 0 Å². The Hall–Kier alpha value is -0.940. The molecule has 0 bridgehead atoms. The first kappa shape index (κ1) is 11.2. The van der Waals surface area contributed by atoms with E-state index < -0.39 is 0 Å². The van der Waals surface area contributed by atoms with Crippen molar-refractivity contribution in [1.29, 1.82) is 0 Å². The predicted octanol–water partition coefficient (Wildman–Crippen LogP) is 1.44. The van der Waals surface area contributed by atoms with E-state index in [1.807, 2.05) is 6.33 Å². The lowest BCUT2D eigenvalue weighted by Gasteiger charge is -2.28. The Balaban J connectivity index is 1.77. The molecule has 1 aromatic rings. The standard InChI is InChI=1S/C12H20N4O/c1-2-4-10(5-3-1)16-9-14-15-12(16)11-8-17-7-6-13-11/h9-11,13H,1-8H2. The van der Waals surface area contributed by atoms with Gasteiger partial charge in [-0.15, -0.1) is 10.2 Å². The first-order chi connectivity index (χ1) is 8.45. The van der Waals surface area contributed by atoms with E-state index in [4.69, 9.17) is 4.74 Å². The van der Waals surface area contributed by atoms with Gasteiger partial charge in [-0.3, -0.25) is 0 Å². The van der Waals surface area contributed by atoms with Gasteiger partial charge in [0, 0.05) is 12.6 Å². The second-order valence-electron chi connectivity index (χ2n) is 4.97. The van der Waals surface area contributed by atoms with Gasteiger partial charge in [-0.25, -0.2) is 0 Å². The number of hydrogen-bond acceptors (Lipinski definition) is 4. The Morgan fingerprint density at radius 3 is 2.94 bits per heavy atom. The molecule has 1 N–H and O–H groups in total. The van der Waals surface area contributed by atoms with Crippen LogP contribution >= 0.6 is 0 Å². The fourth-order valence-corrected chi connectivity index (χ4v) is 2.87. The van der Waals surface area contributed by atoms with Gasteiger partial charge in [-0.2, -0.15) is 0 Å². The maximum atomic E-state index is 5.50. The van der Waals surface area contributed by atoms with Crippen LogP contribution in [0.4, 0.5) is 0 Å². The molecule has 1 unspecified atom stereocenters. The minimum atomic E-state index is 0.216. The molecule has 2 heterocycles. The molecule has 3 rings (SSSR count). The molecule has 1 aliphatic carbocycles. The second kappa shape index (κ2) is 5.14. The molecular formula is C12H20N4O. The van der Waals surface area contributed by atoms with Crippen LogP contribution in [0.25, 0.3) is 0 Å². The smallest absolute Gasteiger partial charge is 0.152 e. The summed E-state index contributed by atoms with van der Waals surface area (Å²) in [5.74, 6) is 1.05. The van der Waals surface area contributed by atoms with E-state index in [0.29, 0.717) is 12.6 Å². The minimum Gasteiger partial charge on any atom is -0.378 e. The zero-order valence-corrected chi connectivity index (χ0v) is 10.1. The average Bonchev–Trinajstić information content (AvgIpc) is 2.90. The number of aromatic nitrogens is 3. The maximum Gasteiger partial charge on any atom is 0.152 e. The summed E-state index contributed by atoms with van der Waals surface area (Å²) in [6, 6.07) is 0.811. The van der Waals surface area contributed by atoms with E-state index in [9.17, 15) is 0 Å². The summed E-state index contributed by atoms with van der Waals surface area (Å²) in [7, 11) is 0. The van der Waals surface area contributed by atoms with Crippen molar-refractivity contribution in [2.45, 2.75) is 44.2 Å². The number of morpholine rings is 1. The van der Waals surface area contributed by atoms with Gasteiger partial charge in [0.2, 0.25) is 0 Å². The van der Waals surface area contributed by atoms with E-state index >= 15 is 0 Å². The molecule has 0 amide bonds. The number of hydrogen-bond donors (Lipinski definition) is 1. The third kappa shape index (κ3) is 2.35. The van der Waals surface area contributed by atoms with Gasteiger partial charge in [0.05, 0.1) is 19.3 Å². The number of nitrogens with one attached hydrogen (secondary N) is 1. The second-order valence-corrected chi connectivity index (χ2v) is 4.97. The molecule has 5 nitrogen and oxygen atoms in total. The van der Waals surface area contributed by atoms with Gasteiger partial charge in [0.1, 0.15) is 6.33 Å². The van der Waals surface area contributed by atoms with Crippen molar-refractivity contribution in [3.05, 3.63) is 12.2 Å². The van der Waals surface area contributed by atoms with Gasteiger partial charge >= 0.3 is 0 Å². The summed E-state index contributed by atoms with van der Waals surface area (Å²) in [6.07, 6.45) is 8.45. The van der Waals surface area contributed by atoms with Gasteiger partial charge in [-0.1, -0.05) is 19.3 Å². The van der Waals surface area contributed by atoms with Crippen LogP contribution in [-0.4, -0.2) is 34.5 Å². The molecule has 5 heteroatoms. The minimum absolute atomic E-state index is 0.216. The Bertz CT molecular complexity index is 321. The molecule has 1 saturated carbocycles. The zero-order chi connectivity index (χ0) is 11.5. The summed E-state index contributed by atoms with van der Waals surface area (Å²) in [6.45, 7) is 2.42. The predicted molar refractivity (Wildman–Crippen MR) is 63.7 cm³/mol. The van der Waals surface area contributed by atoms with E-state index in [2.05, 4.69) is 20.1 Å². The third-order valence-electron chi connectivity index (χ3n) is 3.80. The van der Waals surface area contributed by atoms with Gasteiger partial charge in [-0.05, 0) is 12.8 Å². The molecule has 2 fully saturated rings.